The Labute approximate surface area is 145 Å². The third-order valence-electron chi connectivity index (χ3n) is 4.68. The van der Waals surface area contributed by atoms with E-state index in [0.29, 0.717) is 0 Å². The van der Waals surface area contributed by atoms with E-state index in [0.717, 1.165) is 45.7 Å². The van der Waals surface area contributed by atoms with Crippen LogP contribution in [-0.2, 0) is 9.47 Å². The van der Waals surface area contributed by atoms with Crippen molar-refractivity contribution < 1.29 is 9.47 Å². The van der Waals surface area contributed by atoms with Gasteiger partial charge in [-0.15, -0.1) is 0 Å². The predicted octanol–water partition coefficient (Wildman–Crippen LogP) is 5.46. The highest BCUT2D eigenvalue weighted by molar-refractivity contribution is 4.84. The van der Waals surface area contributed by atoms with Crippen LogP contribution < -0.4 is 5.73 Å². The number of ether oxygens (including phenoxy) is 2. The van der Waals surface area contributed by atoms with Crippen LogP contribution in [0, 0.1) is 0 Å². The molecule has 0 aliphatic carbocycles. The predicted molar refractivity (Wildman–Crippen MR) is 101 cm³/mol. The second-order valence-electron chi connectivity index (χ2n) is 6.83. The molecule has 0 aromatic rings. The Kier molecular flexibility index (Phi) is 16.6. The highest BCUT2D eigenvalue weighted by Gasteiger charge is 2.23. The zero-order valence-electron chi connectivity index (χ0n) is 16.2. The summed E-state index contributed by atoms with van der Waals surface area (Å²) in [5, 5.41) is 0. The topological polar surface area (TPSA) is 44.5 Å². The number of hydrogen-bond donors (Lipinski definition) is 1. The molecule has 0 spiro atoms. The van der Waals surface area contributed by atoms with E-state index in [9.17, 15) is 0 Å². The average Bonchev–Trinajstić information content (AvgIpc) is 2.54. The lowest BCUT2D eigenvalue weighted by atomic mass is 9.87. The number of hydrogen-bond acceptors (Lipinski definition) is 3. The van der Waals surface area contributed by atoms with E-state index in [1.165, 1.54) is 57.8 Å². The lowest BCUT2D eigenvalue weighted by Gasteiger charge is -2.29. The van der Waals surface area contributed by atoms with Crippen LogP contribution in [0.3, 0.4) is 0 Å². The molecule has 0 aliphatic rings. The summed E-state index contributed by atoms with van der Waals surface area (Å²) >= 11 is 0. The highest BCUT2D eigenvalue weighted by Crippen LogP contribution is 2.22. The van der Waals surface area contributed by atoms with Gasteiger partial charge in [0, 0.05) is 32.0 Å². The quantitative estimate of drug-likeness (QED) is 0.340. The normalized spacial score (nSPS) is 12.0. The first-order valence-corrected chi connectivity index (χ1v) is 10.1. The Morgan fingerprint density at radius 3 is 1.48 bits per heavy atom. The van der Waals surface area contributed by atoms with Crippen molar-refractivity contribution in [3.05, 3.63) is 0 Å². The summed E-state index contributed by atoms with van der Waals surface area (Å²) in [5.41, 5.74) is 6.51. The van der Waals surface area contributed by atoms with Crippen molar-refractivity contribution >= 4 is 0 Å². The highest BCUT2D eigenvalue weighted by atomic mass is 16.5. The SMILES string of the molecule is CCCCCCCCCCCC(N)(CCOCC)CCOCC. The molecule has 0 atom stereocenters. The van der Waals surface area contributed by atoms with Gasteiger partial charge in [-0.05, 0) is 33.1 Å². The summed E-state index contributed by atoms with van der Waals surface area (Å²) in [6.45, 7) is 9.46. The summed E-state index contributed by atoms with van der Waals surface area (Å²) in [4.78, 5) is 0. The number of unbranched alkanes of at least 4 members (excludes halogenated alkanes) is 8. The Balaban J connectivity index is 3.76. The van der Waals surface area contributed by atoms with Gasteiger partial charge in [-0.2, -0.15) is 0 Å². The maximum atomic E-state index is 6.62. The van der Waals surface area contributed by atoms with Gasteiger partial charge in [0.25, 0.3) is 0 Å². The van der Waals surface area contributed by atoms with Crippen molar-refractivity contribution in [2.75, 3.05) is 26.4 Å². The Bertz CT molecular complexity index is 224. The molecule has 2 N–H and O–H groups in total. The van der Waals surface area contributed by atoms with Gasteiger partial charge in [-0.3, -0.25) is 0 Å². The molecule has 3 heteroatoms. The van der Waals surface area contributed by atoms with Crippen LogP contribution in [0.5, 0.6) is 0 Å². The molecule has 0 saturated heterocycles. The van der Waals surface area contributed by atoms with Crippen molar-refractivity contribution in [2.45, 2.75) is 103 Å². The Morgan fingerprint density at radius 2 is 1.04 bits per heavy atom. The second kappa shape index (κ2) is 16.7. The fourth-order valence-corrected chi connectivity index (χ4v) is 3.00. The van der Waals surface area contributed by atoms with Crippen LogP contribution in [-0.4, -0.2) is 32.0 Å². The molecule has 0 rings (SSSR count). The summed E-state index contributed by atoms with van der Waals surface area (Å²) in [6.07, 6.45) is 15.3. The van der Waals surface area contributed by atoms with Gasteiger partial charge in [0.2, 0.25) is 0 Å². The molecule has 0 bridgehead atoms. The van der Waals surface area contributed by atoms with E-state index in [4.69, 9.17) is 15.2 Å². The fourth-order valence-electron chi connectivity index (χ4n) is 3.00. The third kappa shape index (κ3) is 15.2. The molecule has 0 heterocycles. The molecule has 0 aliphatic heterocycles. The number of nitrogens with two attached hydrogens (primary N) is 1. The van der Waals surface area contributed by atoms with Gasteiger partial charge in [0.1, 0.15) is 0 Å². The molecule has 0 amide bonds. The smallest absolute Gasteiger partial charge is 0.0483 e. The van der Waals surface area contributed by atoms with Crippen LogP contribution in [0.4, 0.5) is 0 Å². The number of rotatable bonds is 18. The monoisotopic (exact) mass is 329 g/mol. The summed E-state index contributed by atoms with van der Waals surface area (Å²) < 4.78 is 11.0. The van der Waals surface area contributed by atoms with Gasteiger partial charge in [0.15, 0.2) is 0 Å². The van der Waals surface area contributed by atoms with E-state index < -0.39 is 0 Å². The minimum absolute atomic E-state index is 0.106. The lowest BCUT2D eigenvalue weighted by Crippen LogP contribution is -2.42. The maximum Gasteiger partial charge on any atom is 0.0483 e. The Morgan fingerprint density at radius 1 is 0.609 bits per heavy atom. The standard InChI is InChI=1S/C20H43NO2/c1-4-7-8-9-10-11-12-13-14-15-20(21,16-18-22-5-2)17-19-23-6-3/h4-19,21H2,1-3H3. The first kappa shape index (κ1) is 22.9. The largest absolute Gasteiger partial charge is 0.382 e. The van der Waals surface area contributed by atoms with Gasteiger partial charge in [-0.1, -0.05) is 64.7 Å². The average molecular weight is 330 g/mol. The van der Waals surface area contributed by atoms with E-state index in [1.807, 2.05) is 13.8 Å². The fraction of sp³-hybridized carbons (Fsp3) is 1.00. The van der Waals surface area contributed by atoms with Crippen molar-refractivity contribution in [3.63, 3.8) is 0 Å². The molecule has 23 heavy (non-hydrogen) atoms. The van der Waals surface area contributed by atoms with Gasteiger partial charge in [-0.25, -0.2) is 0 Å². The first-order chi connectivity index (χ1) is 11.2. The molecule has 0 aromatic heterocycles. The van der Waals surface area contributed by atoms with Crippen molar-refractivity contribution in [3.8, 4) is 0 Å². The summed E-state index contributed by atoms with van der Waals surface area (Å²) in [7, 11) is 0. The minimum atomic E-state index is -0.106. The second-order valence-corrected chi connectivity index (χ2v) is 6.83. The van der Waals surface area contributed by atoms with Crippen molar-refractivity contribution in [1.82, 2.24) is 0 Å². The van der Waals surface area contributed by atoms with Gasteiger partial charge >= 0.3 is 0 Å². The minimum Gasteiger partial charge on any atom is -0.382 e. The van der Waals surface area contributed by atoms with E-state index in [1.54, 1.807) is 0 Å². The molecule has 0 saturated carbocycles. The van der Waals surface area contributed by atoms with E-state index in [2.05, 4.69) is 6.92 Å². The molecular formula is C20H43NO2. The first-order valence-electron chi connectivity index (χ1n) is 10.1. The molecular weight excluding hydrogens is 286 g/mol. The molecule has 0 unspecified atom stereocenters. The summed E-state index contributed by atoms with van der Waals surface area (Å²) in [6, 6.07) is 0. The zero-order valence-corrected chi connectivity index (χ0v) is 16.2. The Hall–Kier alpha value is -0.120. The van der Waals surface area contributed by atoms with Crippen molar-refractivity contribution in [2.24, 2.45) is 5.73 Å². The van der Waals surface area contributed by atoms with E-state index >= 15 is 0 Å². The van der Waals surface area contributed by atoms with Crippen LogP contribution in [0.1, 0.15) is 97.8 Å². The maximum absolute atomic E-state index is 6.62. The van der Waals surface area contributed by atoms with Gasteiger partial charge < -0.3 is 15.2 Å². The molecule has 0 radical (unpaired) electrons. The van der Waals surface area contributed by atoms with Crippen LogP contribution in [0.2, 0.25) is 0 Å². The van der Waals surface area contributed by atoms with Crippen molar-refractivity contribution in [1.29, 1.82) is 0 Å². The molecule has 140 valence electrons. The lowest BCUT2D eigenvalue weighted by molar-refractivity contribution is 0.0930. The summed E-state index contributed by atoms with van der Waals surface area (Å²) in [5.74, 6) is 0. The van der Waals surface area contributed by atoms with Crippen LogP contribution in [0.15, 0.2) is 0 Å². The van der Waals surface area contributed by atoms with Gasteiger partial charge in [0.05, 0.1) is 0 Å². The van der Waals surface area contributed by atoms with Crippen LogP contribution in [0.25, 0.3) is 0 Å². The van der Waals surface area contributed by atoms with Crippen LogP contribution >= 0.6 is 0 Å². The zero-order chi connectivity index (χ0) is 17.2. The third-order valence-corrected chi connectivity index (χ3v) is 4.68. The molecule has 0 aromatic carbocycles. The molecule has 3 nitrogen and oxygen atoms in total. The molecule has 0 fully saturated rings. The van der Waals surface area contributed by atoms with E-state index in [-0.39, 0.29) is 5.54 Å².